The van der Waals surface area contributed by atoms with Crippen molar-refractivity contribution in [3.63, 3.8) is 0 Å². The van der Waals surface area contributed by atoms with E-state index in [1.54, 1.807) is 6.20 Å². The minimum atomic E-state index is 0.0300. The maximum absolute atomic E-state index is 12.4. The highest BCUT2D eigenvalue weighted by Crippen LogP contribution is 2.31. The zero-order chi connectivity index (χ0) is 17.6. The first-order valence-corrected chi connectivity index (χ1v) is 9.62. The summed E-state index contributed by atoms with van der Waals surface area (Å²) in [6.07, 6.45) is 7.52. The first-order valence-electron chi connectivity index (χ1n) is 9.62. The van der Waals surface area contributed by atoms with Gasteiger partial charge in [0.2, 0.25) is 5.91 Å². The molecule has 1 saturated heterocycles. The van der Waals surface area contributed by atoms with Gasteiger partial charge >= 0.3 is 0 Å². The molecule has 7 heteroatoms. The number of aliphatic hydroxyl groups is 1. The molecule has 0 spiro atoms. The molecule has 1 aliphatic heterocycles. The molecule has 0 bridgehead atoms. The molecule has 0 aromatic carbocycles. The van der Waals surface area contributed by atoms with Crippen molar-refractivity contribution in [2.75, 3.05) is 44.6 Å². The molecule has 1 saturated carbocycles. The van der Waals surface area contributed by atoms with E-state index >= 15 is 0 Å². The van der Waals surface area contributed by atoms with Crippen LogP contribution in [-0.2, 0) is 4.79 Å². The molecule has 1 aliphatic carbocycles. The molecule has 2 heterocycles. The third kappa shape index (κ3) is 4.59. The number of hydrogen-bond acceptors (Lipinski definition) is 5. The lowest BCUT2D eigenvalue weighted by Crippen LogP contribution is -2.52. The minimum Gasteiger partial charge on any atom is -0.395 e. The van der Waals surface area contributed by atoms with Crippen LogP contribution < -0.4 is 5.32 Å². The van der Waals surface area contributed by atoms with E-state index in [4.69, 9.17) is 0 Å². The van der Waals surface area contributed by atoms with Crippen LogP contribution in [0.15, 0.2) is 12.3 Å². The fourth-order valence-corrected chi connectivity index (χ4v) is 4.03. The number of carbonyl (C=O) groups is 1. The van der Waals surface area contributed by atoms with Gasteiger partial charge in [-0.25, -0.2) is 4.68 Å². The lowest BCUT2D eigenvalue weighted by molar-refractivity contribution is -0.117. The molecule has 2 aliphatic rings. The number of nitrogens with one attached hydrogen (secondary N) is 1. The van der Waals surface area contributed by atoms with Gasteiger partial charge in [-0.15, -0.1) is 0 Å². The second-order valence-electron chi connectivity index (χ2n) is 7.20. The summed E-state index contributed by atoms with van der Waals surface area (Å²) >= 11 is 0. The van der Waals surface area contributed by atoms with Gasteiger partial charge in [-0.1, -0.05) is 19.8 Å². The second-order valence-corrected chi connectivity index (χ2v) is 7.20. The van der Waals surface area contributed by atoms with Gasteiger partial charge in [0.1, 0.15) is 5.82 Å². The summed E-state index contributed by atoms with van der Waals surface area (Å²) in [5.74, 6) is 0.851. The van der Waals surface area contributed by atoms with Crippen molar-refractivity contribution in [2.45, 2.75) is 51.1 Å². The molecule has 1 aromatic rings. The van der Waals surface area contributed by atoms with Crippen molar-refractivity contribution in [1.29, 1.82) is 0 Å². The van der Waals surface area contributed by atoms with E-state index in [0.717, 1.165) is 51.3 Å². The van der Waals surface area contributed by atoms with Crippen molar-refractivity contribution in [2.24, 2.45) is 0 Å². The Morgan fingerprint density at radius 2 is 2.04 bits per heavy atom. The molecule has 1 aromatic heterocycles. The largest absolute Gasteiger partial charge is 0.395 e. The Balaban J connectivity index is 1.47. The SMILES string of the molecule is CCC(CO)N1CCN(CC(=O)Nc2ccnn2C2CCCC2)CC1. The van der Waals surface area contributed by atoms with Gasteiger partial charge in [0, 0.05) is 38.3 Å². The van der Waals surface area contributed by atoms with Gasteiger partial charge in [0.25, 0.3) is 0 Å². The lowest BCUT2D eigenvalue weighted by Gasteiger charge is -2.38. The molecular formula is C18H31N5O2. The highest BCUT2D eigenvalue weighted by Gasteiger charge is 2.24. The molecular weight excluding hydrogens is 318 g/mol. The first kappa shape index (κ1) is 18.4. The summed E-state index contributed by atoms with van der Waals surface area (Å²) in [7, 11) is 0. The van der Waals surface area contributed by atoms with Crippen molar-refractivity contribution >= 4 is 11.7 Å². The quantitative estimate of drug-likeness (QED) is 0.777. The first-order chi connectivity index (χ1) is 12.2. The third-order valence-electron chi connectivity index (χ3n) is 5.58. The van der Waals surface area contributed by atoms with Gasteiger partial charge in [-0.05, 0) is 19.3 Å². The normalized spacial score (nSPS) is 21.5. The lowest BCUT2D eigenvalue weighted by atomic mass is 10.1. The van der Waals surface area contributed by atoms with Crippen LogP contribution in [0.4, 0.5) is 5.82 Å². The number of amides is 1. The second kappa shape index (κ2) is 8.78. The highest BCUT2D eigenvalue weighted by molar-refractivity contribution is 5.91. The zero-order valence-corrected chi connectivity index (χ0v) is 15.2. The zero-order valence-electron chi connectivity index (χ0n) is 15.2. The summed E-state index contributed by atoms with van der Waals surface area (Å²) < 4.78 is 1.98. The number of anilines is 1. The molecule has 1 unspecified atom stereocenters. The Kier molecular flexibility index (Phi) is 6.45. The smallest absolute Gasteiger partial charge is 0.239 e. The minimum absolute atomic E-state index is 0.0300. The molecule has 1 atom stereocenters. The predicted molar refractivity (Wildman–Crippen MR) is 97.5 cm³/mol. The summed E-state index contributed by atoms with van der Waals surface area (Å²) in [5, 5.41) is 16.9. The van der Waals surface area contributed by atoms with E-state index in [1.165, 1.54) is 12.8 Å². The molecule has 0 radical (unpaired) electrons. The van der Waals surface area contributed by atoms with Crippen LogP contribution >= 0.6 is 0 Å². The number of aliphatic hydroxyl groups excluding tert-OH is 1. The fraction of sp³-hybridized carbons (Fsp3) is 0.778. The molecule has 1 amide bonds. The monoisotopic (exact) mass is 349 g/mol. The van der Waals surface area contributed by atoms with Crippen LogP contribution in [-0.4, -0.2) is 76.0 Å². The maximum Gasteiger partial charge on any atom is 0.239 e. The van der Waals surface area contributed by atoms with Crippen LogP contribution in [0.3, 0.4) is 0 Å². The molecule has 3 rings (SSSR count). The van der Waals surface area contributed by atoms with Gasteiger partial charge in [-0.3, -0.25) is 14.6 Å². The standard InChI is InChI=1S/C18H31N5O2/c1-2-15(14-24)22-11-9-21(10-12-22)13-18(25)20-17-7-8-19-23(17)16-5-3-4-6-16/h7-8,15-16,24H,2-6,9-14H2,1H3,(H,20,25). The van der Waals surface area contributed by atoms with Crippen LogP contribution in [0.1, 0.15) is 45.1 Å². The van der Waals surface area contributed by atoms with E-state index in [2.05, 4.69) is 27.1 Å². The van der Waals surface area contributed by atoms with E-state index in [1.807, 2.05) is 10.7 Å². The molecule has 7 nitrogen and oxygen atoms in total. The fourth-order valence-electron chi connectivity index (χ4n) is 4.03. The maximum atomic E-state index is 12.4. The predicted octanol–water partition coefficient (Wildman–Crippen LogP) is 1.33. The summed E-state index contributed by atoms with van der Waals surface area (Å²) in [6, 6.07) is 2.57. The number of hydrogen-bond donors (Lipinski definition) is 2. The summed E-state index contributed by atoms with van der Waals surface area (Å²) in [5.41, 5.74) is 0. The summed E-state index contributed by atoms with van der Waals surface area (Å²) in [4.78, 5) is 16.9. The Labute approximate surface area is 150 Å². The number of carbonyl (C=O) groups excluding carboxylic acids is 1. The van der Waals surface area contributed by atoms with Gasteiger partial charge in [-0.2, -0.15) is 5.10 Å². The van der Waals surface area contributed by atoms with Crippen molar-refractivity contribution in [3.05, 3.63) is 12.3 Å². The number of aromatic nitrogens is 2. The van der Waals surface area contributed by atoms with Gasteiger partial charge < -0.3 is 10.4 Å². The average Bonchev–Trinajstić information content (AvgIpc) is 3.28. The van der Waals surface area contributed by atoms with Crippen molar-refractivity contribution < 1.29 is 9.90 Å². The number of rotatable bonds is 7. The highest BCUT2D eigenvalue weighted by atomic mass is 16.3. The van der Waals surface area contributed by atoms with E-state index in [-0.39, 0.29) is 18.6 Å². The van der Waals surface area contributed by atoms with Crippen LogP contribution in [0.25, 0.3) is 0 Å². The number of nitrogens with zero attached hydrogens (tertiary/aromatic N) is 4. The van der Waals surface area contributed by atoms with Crippen molar-refractivity contribution in [3.8, 4) is 0 Å². The summed E-state index contributed by atoms with van der Waals surface area (Å²) in [6.45, 7) is 6.28. The number of piperazine rings is 1. The molecule has 140 valence electrons. The Morgan fingerprint density at radius 1 is 1.32 bits per heavy atom. The molecule has 2 fully saturated rings. The average molecular weight is 349 g/mol. The van der Waals surface area contributed by atoms with Gasteiger partial charge in [0.05, 0.1) is 25.4 Å². The van der Waals surface area contributed by atoms with Crippen molar-refractivity contribution in [1.82, 2.24) is 19.6 Å². The topological polar surface area (TPSA) is 73.6 Å². The van der Waals surface area contributed by atoms with Crippen LogP contribution in [0.2, 0.25) is 0 Å². The molecule has 25 heavy (non-hydrogen) atoms. The Morgan fingerprint density at radius 3 is 2.68 bits per heavy atom. The van der Waals surface area contributed by atoms with E-state index in [9.17, 15) is 9.90 Å². The molecule has 2 N–H and O–H groups in total. The van der Waals surface area contributed by atoms with E-state index < -0.39 is 0 Å². The van der Waals surface area contributed by atoms with Crippen LogP contribution in [0, 0.1) is 0 Å². The Bertz CT molecular complexity index is 543. The third-order valence-corrected chi connectivity index (χ3v) is 5.58. The Hall–Kier alpha value is -1.44. The van der Waals surface area contributed by atoms with E-state index in [0.29, 0.717) is 12.6 Å². The van der Waals surface area contributed by atoms with Crippen LogP contribution in [0.5, 0.6) is 0 Å². The van der Waals surface area contributed by atoms with Gasteiger partial charge in [0.15, 0.2) is 0 Å².